The van der Waals surface area contributed by atoms with Gasteiger partial charge in [0, 0.05) is 38.1 Å². The largest absolute Gasteiger partial charge is 0.398 e. The molecule has 1 amide bonds. The summed E-state index contributed by atoms with van der Waals surface area (Å²) in [6, 6.07) is 11.0. The number of carbonyl (C=O) groups is 1. The summed E-state index contributed by atoms with van der Waals surface area (Å²) in [5.74, 6) is 0.843. The number of anilines is 2. The first-order chi connectivity index (χ1) is 10.3. The van der Waals surface area contributed by atoms with Crippen molar-refractivity contribution < 1.29 is 4.79 Å². The minimum Gasteiger partial charge on any atom is -0.398 e. The monoisotopic (exact) mass is 283 g/mol. The van der Waals surface area contributed by atoms with Crippen LogP contribution in [0.25, 0.3) is 0 Å². The van der Waals surface area contributed by atoms with Crippen LogP contribution < -0.4 is 10.6 Å². The maximum atomic E-state index is 12.5. The molecule has 1 fully saturated rings. The molecule has 0 bridgehead atoms. The van der Waals surface area contributed by atoms with Crippen molar-refractivity contribution in [2.45, 2.75) is 0 Å². The number of hydrogen-bond donors (Lipinski definition) is 1. The van der Waals surface area contributed by atoms with Crippen molar-refractivity contribution in [2.24, 2.45) is 0 Å². The van der Waals surface area contributed by atoms with Crippen LogP contribution in [0.15, 0.2) is 42.6 Å². The Balaban J connectivity index is 1.66. The third-order valence-corrected chi connectivity index (χ3v) is 3.64. The first-order valence-corrected chi connectivity index (χ1v) is 6.92. The Morgan fingerprint density at radius 3 is 2.48 bits per heavy atom. The van der Waals surface area contributed by atoms with E-state index in [4.69, 9.17) is 5.73 Å². The highest BCUT2D eigenvalue weighted by Crippen LogP contribution is 2.17. The molecule has 6 heteroatoms. The number of nitrogens with zero attached hydrogens (tertiary/aromatic N) is 4. The van der Waals surface area contributed by atoms with Crippen LogP contribution in [0, 0.1) is 0 Å². The number of aromatic nitrogens is 2. The number of hydrogen-bond acceptors (Lipinski definition) is 5. The van der Waals surface area contributed by atoms with Crippen molar-refractivity contribution in [3.8, 4) is 0 Å². The van der Waals surface area contributed by atoms with Crippen LogP contribution in [0.2, 0.25) is 0 Å². The van der Waals surface area contributed by atoms with Gasteiger partial charge in [-0.15, -0.1) is 5.10 Å². The van der Waals surface area contributed by atoms with E-state index < -0.39 is 0 Å². The maximum absolute atomic E-state index is 12.5. The van der Waals surface area contributed by atoms with Crippen molar-refractivity contribution in [3.63, 3.8) is 0 Å². The smallest absolute Gasteiger partial charge is 0.256 e. The molecule has 0 radical (unpaired) electrons. The normalized spacial score (nSPS) is 15.0. The first kappa shape index (κ1) is 13.4. The van der Waals surface area contributed by atoms with Crippen LogP contribution >= 0.6 is 0 Å². The molecule has 1 aliphatic rings. The Morgan fingerprint density at radius 2 is 1.81 bits per heavy atom. The summed E-state index contributed by atoms with van der Waals surface area (Å²) in [5, 5.41) is 7.98. The van der Waals surface area contributed by atoms with Gasteiger partial charge < -0.3 is 15.5 Å². The number of para-hydroxylation sites is 1. The van der Waals surface area contributed by atoms with Crippen LogP contribution in [0.3, 0.4) is 0 Å². The third-order valence-electron chi connectivity index (χ3n) is 3.64. The number of piperazine rings is 1. The van der Waals surface area contributed by atoms with E-state index in [-0.39, 0.29) is 5.91 Å². The van der Waals surface area contributed by atoms with E-state index in [9.17, 15) is 4.79 Å². The van der Waals surface area contributed by atoms with Crippen LogP contribution in [-0.2, 0) is 0 Å². The van der Waals surface area contributed by atoms with Crippen molar-refractivity contribution >= 4 is 17.4 Å². The summed E-state index contributed by atoms with van der Waals surface area (Å²) in [7, 11) is 0. The molecule has 6 nitrogen and oxygen atoms in total. The first-order valence-electron chi connectivity index (χ1n) is 6.92. The van der Waals surface area contributed by atoms with Gasteiger partial charge in [-0.3, -0.25) is 4.79 Å². The van der Waals surface area contributed by atoms with Gasteiger partial charge in [0.2, 0.25) is 0 Å². The highest BCUT2D eigenvalue weighted by atomic mass is 16.2. The van der Waals surface area contributed by atoms with Crippen molar-refractivity contribution in [1.29, 1.82) is 0 Å². The van der Waals surface area contributed by atoms with Crippen molar-refractivity contribution in [1.82, 2.24) is 15.1 Å². The lowest BCUT2D eigenvalue weighted by Gasteiger charge is -2.35. The maximum Gasteiger partial charge on any atom is 0.256 e. The van der Waals surface area contributed by atoms with Gasteiger partial charge in [0.15, 0.2) is 5.82 Å². The Hall–Kier alpha value is -2.63. The van der Waals surface area contributed by atoms with E-state index in [2.05, 4.69) is 15.1 Å². The number of nitrogen functional groups attached to an aromatic ring is 1. The lowest BCUT2D eigenvalue weighted by atomic mass is 10.1. The quantitative estimate of drug-likeness (QED) is 0.833. The SMILES string of the molecule is Nc1ccccc1C(=O)N1CCN(c2cccnn2)CC1. The summed E-state index contributed by atoms with van der Waals surface area (Å²) < 4.78 is 0. The van der Waals surface area contributed by atoms with Crippen LogP contribution in [0.4, 0.5) is 11.5 Å². The number of amides is 1. The fourth-order valence-corrected chi connectivity index (χ4v) is 2.46. The highest BCUT2D eigenvalue weighted by Gasteiger charge is 2.23. The zero-order valence-electron chi connectivity index (χ0n) is 11.6. The van der Waals surface area contributed by atoms with Gasteiger partial charge in [0.25, 0.3) is 5.91 Å². The Bertz CT molecular complexity index is 623. The molecular formula is C15H17N5O. The second-order valence-corrected chi connectivity index (χ2v) is 4.95. The van der Waals surface area contributed by atoms with E-state index in [1.807, 2.05) is 29.2 Å². The molecule has 1 saturated heterocycles. The Labute approximate surface area is 123 Å². The molecule has 1 aromatic heterocycles. The van der Waals surface area contributed by atoms with Gasteiger partial charge >= 0.3 is 0 Å². The topological polar surface area (TPSA) is 75.4 Å². The molecule has 1 aliphatic heterocycles. The molecular weight excluding hydrogens is 266 g/mol. The number of carbonyl (C=O) groups excluding carboxylic acids is 1. The lowest BCUT2D eigenvalue weighted by molar-refractivity contribution is 0.0747. The summed E-state index contributed by atoms with van der Waals surface area (Å²) >= 11 is 0. The summed E-state index contributed by atoms with van der Waals surface area (Å²) in [6.45, 7) is 2.81. The molecule has 2 heterocycles. The summed E-state index contributed by atoms with van der Waals surface area (Å²) in [5.41, 5.74) is 6.97. The molecule has 1 aromatic carbocycles. The molecule has 108 valence electrons. The fraction of sp³-hybridized carbons (Fsp3) is 0.267. The lowest BCUT2D eigenvalue weighted by Crippen LogP contribution is -2.49. The zero-order chi connectivity index (χ0) is 14.7. The van der Waals surface area contributed by atoms with Gasteiger partial charge in [-0.05, 0) is 24.3 Å². The van der Waals surface area contributed by atoms with Gasteiger partial charge in [0.05, 0.1) is 5.56 Å². The molecule has 3 rings (SSSR count). The second-order valence-electron chi connectivity index (χ2n) is 4.95. The predicted molar refractivity (Wildman–Crippen MR) is 81.0 cm³/mol. The van der Waals surface area contributed by atoms with Gasteiger partial charge in [0.1, 0.15) is 0 Å². The second kappa shape index (κ2) is 5.78. The van der Waals surface area contributed by atoms with E-state index >= 15 is 0 Å². The molecule has 0 unspecified atom stereocenters. The van der Waals surface area contributed by atoms with Gasteiger partial charge in [-0.2, -0.15) is 5.10 Å². The number of benzene rings is 1. The van der Waals surface area contributed by atoms with E-state index in [0.29, 0.717) is 24.3 Å². The van der Waals surface area contributed by atoms with E-state index in [1.165, 1.54) is 0 Å². The van der Waals surface area contributed by atoms with Crippen LogP contribution in [0.5, 0.6) is 0 Å². The number of nitrogens with two attached hydrogens (primary N) is 1. The third kappa shape index (κ3) is 2.79. The summed E-state index contributed by atoms with van der Waals surface area (Å²) in [6.07, 6.45) is 1.65. The van der Waals surface area contributed by atoms with Crippen LogP contribution in [-0.4, -0.2) is 47.2 Å². The van der Waals surface area contributed by atoms with Gasteiger partial charge in [-0.25, -0.2) is 0 Å². The molecule has 2 aromatic rings. The predicted octanol–water partition coefficient (Wildman–Crippen LogP) is 1.02. The average molecular weight is 283 g/mol. The minimum absolute atomic E-state index is 0.00750. The molecule has 0 atom stereocenters. The zero-order valence-corrected chi connectivity index (χ0v) is 11.6. The van der Waals surface area contributed by atoms with E-state index in [1.54, 1.807) is 18.3 Å². The standard InChI is InChI=1S/C15H17N5O/c16-13-5-2-1-4-12(13)15(21)20-10-8-19(9-11-20)14-6-3-7-17-18-14/h1-7H,8-11,16H2. The molecule has 0 aliphatic carbocycles. The Kier molecular flexibility index (Phi) is 3.68. The number of rotatable bonds is 2. The summed E-state index contributed by atoms with van der Waals surface area (Å²) in [4.78, 5) is 16.4. The van der Waals surface area contributed by atoms with Crippen molar-refractivity contribution in [3.05, 3.63) is 48.2 Å². The molecule has 0 spiro atoms. The fourth-order valence-electron chi connectivity index (χ4n) is 2.46. The molecule has 2 N–H and O–H groups in total. The average Bonchev–Trinajstić information content (AvgIpc) is 2.56. The van der Waals surface area contributed by atoms with Gasteiger partial charge in [-0.1, -0.05) is 12.1 Å². The highest BCUT2D eigenvalue weighted by molar-refractivity contribution is 5.99. The molecule has 0 saturated carbocycles. The van der Waals surface area contributed by atoms with E-state index in [0.717, 1.165) is 18.9 Å². The molecule has 21 heavy (non-hydrogen) atoms. The van der Waals surface area contributed by atoms with Crippen molar-refractivity contribution in [2.75, 3.05) is 36.8 Å². The Morgan fingerprint density at radius 1 is 1.05 bits per heavy atom. The minimum atomic E-state index is -0.00750. The van der Waals surface area contributed by atoms with Crippen LogP contribution in [0.1, 0.15) is 10.4 Å².